The van der Waals surface area contributed by atoms with Crippen LogP contribution in [0.2, 0.25) is 0 Å². The number of amides is 1. The molecule has 134 valence electrons. The van der Waals surface area contributed by atoms with Crippen molar-refractivity contribution in [1.29, 1.82) is 0 Å². The molecule has 0 saturated carbocycles. The molecule has 0 unspecified atom stereocenters. The van der Waals surface area contributed by atoms with Gasteiger partial charge in [0.2, 0.25) is 5.91 Å². The molecule has 0 bridgehead atoms. The Kier molecular flexibility index (Phi) is 7.41. The molecule has 0 aliphatic rings. The minimum Gasteiger partial charge on any atom is -0.372 e. The molecule has 0 fully saturated rings. The Balaban J connectivity index is 1.74. The molecule has 1 amide bonds. The van der Waals surface area contributed by atoms with Crippen molar-refractivity contribution < 1.29 is 9.18 Å². The van der Waals surface area contributed by atoms with Crippen LogP contribution in [0.4, 0.5) is 15.8 Å². The number of carbonyl (C=O) groups is 1. The van der Waals surface area contributed by atoms with Crippen molar-refractivity contribution in [3.8, 4) is 0 Å². The predicted octanol–water partition coefficient (Wildman–Crippen LogP) is 3.44. The molecule has 0 radical (unpaired) electrons. The lowest BCUT2D eigenvalue weighted by molar-refractivity contribution is -0.115. The summed E-state index contributed by atoms with van der Waals surface area (Å²) in [6.45, 7) is 6.89. The molecule has 0 aliphatic heterocycles. The minimum atomic E-state index is -0.206. The third kappa shape index (κ3) is 5.87. The summed E-state index contributed by atoms with van der Waals surface area (Å²) < 4.78 is 13.5. The van der Waals surface area contributed by atoms with Gasteiger partial charge in [-0.25, -0.2) is 4.39 Å². The molecule has 2 N–H and O–H groups in total. The maximum atomic E-state index is 13.5. The summed E-state index contributed by atoms with van der Waals surface area (Å²) in [7, 11) is 0. The predicted molar refractivity (Wildman–Crippen MR) is 102 cm³/mol. The van der Waals surface area contributed by atoms with Gasteiger partial charge in [0.05, 0.1) is 6.54 Å². The fourth-order valence-electron chi connectivity index (χ4n) is 2.68. The third-order valence-corrected chi connectivity index (χ3v) is 4.09. The van der Waals surface area contributed by atoms with Gasteiger partial charge in [0.15, 0.2) is 0 Å². The highest BCUT2D eigenvalue weighted by Crippen LogP contribution is 2.17. The zero-order chi connectivity index (χ0) is 18.1. The van der Waals surface area contributed by atoms with Gasteiger partial charge in [-0.1, -0.05) is 18.2 Å². The topological polar surface area (TPSA) is 44.4 Å². The van der Waals surface area contributed by atoms with E-state index in [0.717, 1.165) is 24.5 Å². The summed E-state index contributed by atoms with van der Waals surface area (Å²) in [6, 6.07) is 14.5. The number of hydrogen-bond donors (Lipinski definition) is 2. The molecule has 2 rings (SSSR count). The summed E-state index contributed by atoms with van der Waals surface area (Å²) in [4.78, 5) is 14.2. The zero-order valence-electron chi connectivity index (χ0n) is 14.9. The van der Waals surface area contributed by atoms with Crippen molar-refractivity contribution in [3.63, 3.8) is 0 Å². The lowest BCUT2D eigenvalue weighted by Crippen LogP contribution is -2.29. The fourth-order valence-corrected chi connectivity index (χ4v) is 2.68. The molecule has 25 heavy (non-hydrogen) atoms. The highest BCUT2D eigenvalue weighted by Gasteiger charge is 2.05. The number of anilines is 2. The van der Waals surface area contributed by atoms with Crippen LogP contribution in [0.5, 0.6) is 0 Å². The van der Waals surface area contributed by atoms with E-state index in [9.17, 15) is 9.18 Å². The number of rotatable bonds is 9. The van der Waals surface area contributed by atoms with E-state index in [2.05, 4.69) is 29.4 Å². The van der Waals surface area contributed by atoms with Gasteiger partial charge in [0, 0.05) is 24.5 Å². The lowest BCUT2D eigenvalue weighted by atomic mass is 10.1. The van der Waals surface area contributed by atoms with Gasteiger partial charge in [0.25, 0.3) is 0 Å². The van der Waals surface area contributed by atoms with E-state index in [1.165, 1.54) is 6.07 Å². The maximum absolute atomic E-state index is 13.5. The summed E-state index contributed by atoms with van der Waals surface area (Å²) >= 11 is 0. The standard InChI is InChI=1S/C20H26FN3O/c1-3-24(4-2)18-11-9-17(10-12-18)23-20(25)15-22-14-13-16-7-5-6-8-19(16)21/h5-12,22H,3-4,13-15H2,1-2H3,(H,23,25). The molecule has 0 aliphatic carbocycles. The van der Waals surface area contributed by atoms with Gasteiger partial charge in [-0.3, -0.25) is 4.79 Å². The lowest BCUT2D eigenvalue weighted by Gasteiger charge is -2.21. The monoisotopic (exact) mass is 343 g/mol. The van der Waals surface area contributed by atoms with Crippen LogP contribution < -0.4 is 15.5 Å². The number of nitrogens with zero attached hydrogens (tertiary/aromatic N) is 1. The average Bonchev–Trinajstić information content (AvgIpc) is 2.62. The van der Waals surface area contributed by atoms with Gasteiger partial charge in [0.1, 0.15) is 5.82 Å². The van der Waals surface area contributed by atoms with Crippen LogP contribution in [-0.2, 0) is 11.2 Å². The van der Waals surface area contributed by atoms with Gasteiger partial charge in [-0.2, -0.15) is 0 Å². The summed E-state index contributed by atoms with van der Waals surface area (Å²) in [6.07, 6.45) is 0.554. The van der Waals surface area contributed by atoms with E-state index in [1.807, 2.05) is 30.3 Å². The Labute approximate surface area is 149 Å². The first-order chi connectivity index (χ1) is 12.1. The molecular formula is C20H26FN3O. The van der Waals surface area contributed by atoms with Crippen LogP contribution in [0.1, 0.15) is 19.4 Å². The molecular weight excluding hydrogens is 317 g/mol. The number of nitrogens with one attached hydrogen (secondary N) is 2. The molecule has 5 heteroatoms. The highest BCUT2D eigenvalue weighted by molar-refractivity contribution is 5.92. The van der Waals surface area contributed by atoms with Crippen molar-refractivity contribution in [2.24, 2.45) is 0 Å². The molecule has 0 aromatic heterocycles. The number of benzene rings is 2. The van der Waals surface area contributed by atoms with Crippen molar-refractivity contribution >= 4 is 17.3 Å². The van der Waals surface area contributed by atoms with Crippen LogP contribution in [0, 0.1) is 5.82 Å². The second-order valence-corrected chi connectivity index (χ2v) is 5.79. The number of carbonyl (C=O) groups excluding carboxylic acids is 1. The van der Waals surface area contributed by atoms with E-state index >= 15 is 0 Å². The SMILES string of the molecule is CCN(CC)c1ccc(NC(=O)CNCCc2ccccc2F)cc1. The van der Waals surface area contributed by atoms with Crippen molar-refractivity contribution in [3.05, 3.63) is 59.9 Å². The maximum Gasteiger partial charge on any atom is 0.238 e. The second-order valence-electron chi connectivity index (χ2n) is 5.79. The smallest absolute Gasteiger partial charge is 0.238 e. The first-order valence-corrected chi connectivity index (χ1v) is 8.73. The summed E-state index contributed by atoms with van der Waals surface area (Å²) in [5.41, 5.74) is 2.57. The van der Waals surface area contributed by atoms with Gasteiger partial charge in [-0.05, 0) is 62.7 Å². The van der Waals surface area contributed by atoms with E-state index in [-0.39, 0.29) is 18.3 Å². The molecule has 0 spiro atoms. The van der Waals surface area contributed by atoms with Crippen LogP contribution in [0.3, 0.4) is 0 Å². The normalized spacial score (nSPS) is 10.5. The van der Waals surface area contributed by atoms with Crippen molar-refractivity contribution in [2.45, 2.75) is 20.3 Å². The molecule has 4 nitrogen and oxygen atoms in total. The summed E-state index contributed by atoms with van der Waals surface area (Å²) in [5, 5.41) is 5.90. The molecule has 0 atom stereocenters. The van der Waals surface area contributed by atoms with E-state index in [0.29, 0.717) is 18.5 Å². The summed E-state index contributed by atoms with van der Waals surface area (Å²) in [5.74, 6) is -0.314. The van der Waals surface area contributed by atoms with Crippen LogP contribution in [-0.4, -0.2) is 32.1 Å². The Hall–Kier alpha value is -2.40. The molecule has 2 aromatic carbocycles. The van der Waals surface area contributed by atoms with Gasteiger partial charge in [-0.15, -0.1) is 0 Å². The molecule has 0 heterocycles. The average molecular weight is 343 g/mol. The Morgan fingerprint density at radius 2 is 1.72 bits per heavy atom. The molecule has 0 saturated heterocycles. The first-order valence-electron chi connectivity index (χ1n) is 8.73. The highest BCUT2D eigenvalue weighted by atomic mass is 19.1. The van der Waals surface area contributed by atoms with Crippen molar-refractivity contribution in [2.75, 3.05) is 36.4 Å². The van der Waals surface area contributed by atoms with Gasteiger partial charge < -0.3 is 15.5 Å². The van der Waals surface area contributed by atoms with Crippen molar-refractivity contribution in [1.82, 2.24) is 5.32 Å². The zero-order valence-corrected chi connectivity index (χ0v) is 14.9. The first kappa shape index (κ1) is 18.9. The largest absolute Gasteiger partial charge is 0.372 e. The van der Waals surface area contributed by atoms with E-state index < -0.39 is 0 Å². The third-order valence-electron chi connectivity index (χ3n) is 4.09. The quantitative estimate of drug-likeness (QED) is 0.686. The van der Waals surface area contributed by atoms with Gasteiger partial charge >= 0.3 is 0 Å². The Morgan fingerprint density at radius 1 is 1.04 bits per heavy atom. The van der Waals surface area contributed by atoms with Crippen LogP contribution in [0.15, 0.2) is 48.5 Å². The Bertz CT molecular complexity index is 669. The molecule has 2 aromatic rings. The number of hydrogen-bond acceptors (Lipinski definition) is 3. The number of halogens is 1. The minimum absolute atomic E-state index is 0.107. The second kappa shape index (κ2) is 9.79. The fraction of sp³-hybridized carbons (Fsp3) is 0.350. The Morgan fingerprint density at radius 3 is 2.36 bits per heavy atom. The van der Waals surface area contributed by atoms with Crippen LogP contribution >= 0.6 is 0 Å². The van der Waals surface area contributed by atoms with E-state index in [1.54, 1.807) is 12.1 Å². The van der Waals surface area contributed by atoms with E-state index in [4.69, 9.17) is 0 Å². The van der Waals surface area contributed by atoms with Crippen LogP contribution in [0.25, 0.3) is 0 Å².